The second-order valence-corrected chi connectivity index (χ2v) is 3.62. The summed E-state index contributed by atoms with van der Waals surface area (Å²) in [6.45, 7) is 3.07. The number of carboxylic acid groups (broad SMARTS) is 1. The first-order valence-corrected chi connectivity index (χ1v) is 5.35. The standard InChI is InChI=1S/C12H17NO3/c1-3-4-9-13(2)11-7-5-10(16-11)6-8-12(14)15/h5-8H,3-4,9H2,1-2H3,(H,14,15)/b8-6+. The van der Waals surface area contributed by atoms with Gasteiger partial charge in [0.2, 0.25) is 0 Å². The molecule has 16 heavy (non-hydrogen) atoms. The Balaban J connectivity index is 2.60. The highest BCUT2D eigenvalue weighted by atomic mass is 16.4. The Morgan fingerprint density at radius 2 is 2.31 bits per heavy atom. The zero-order valence-electron chi connectivity index (χ0n) is 9.64. The molecule has 4 heteroatoms. The van der Waals surface area contributed by atoms with E-state index >= 15 is 0 Å². The lowest BCUT2D eigenvalue weighted by Gasteiger charge is -2.14. The van der Waals surface area contributed by atoms with Gasteiger partial charge < -0.3 is 14.4 Å². The number of unbranched alkanes of at least 4 members (excludes halogenated alkanes) is 1. The maximum absolute atomic E-state index is 10.3. The van der Waals surface area contributed by atoms with Gasteiger partial charge in [-0.3, -0.25) is 0 Å². The summed E-state index contributed by atoms with van der Waals surface area (Å²) in [6, 6.07) is 3.61. The molecule has 1 N–H and O–H groups in total. The van der Waals surface area contributed by atoms with Gasteiger partial charge in [0.1, 0.15) is 5.76 Å². The first-order chi connectivity index (χ1) is 7.63. The summed E-state index contributed by atoms with van der Waals surface area (Å²) in [6.07, 6.45) is 4.75. The number of carboxylic acids is 1. The van der Waals surface area contributed by atoms with Gasteiger partial charge in [-0.2, -0.15) is 0 Å². The van der Waals surface area contributed by atoms with Gasteiger partial charge in [0, 0.05) is 25.7 Å². The first-order valence-electron chi connectivity index (χ1n) is 5.35. The monoisotopic (exact) mass is 223 g/mol. The van der Waals surface area contributed by atoms with E-state index in [9.17, 15) is 4.79 Å². The molecule has 0 atom stereocenters. The van der Waals surface area contributed by atoms with E-state index < -0.39 is 5.97 Å². The summed E-state index contributed by atoms with van der Waals surface area (Å²) < 4.78 is 5.47. The number of carbonyl (C=O) groups is 1. The van der Waals surface area contributed by atoms with Crippen LogP contribution >= 0.6 is 0 Å². The van der Waals surface area contributed by atoms with Crippen molar-refractivity contribution in [3.05, 3.63) is 24.0 Å². The van der Waals surface area contributed by atoms with Crippen molar-refractivity contribution < 1.29 is 14.3 Å². The lowest BCUT2D eigenvalue weighted by atomic mass is 10.3. The summed E-state index contributed by atoms with van der Waals surface area (Å²) in [5, 5.41) is 8.47. The van der Waals surface area contributed by atoms with E-state index in [0.29, 0.717) is 5.76 Å². The number of rotatable bonds is 6. The maximum atomic E-state index is 10.3. The molecular formula is C12H17NO3. The molecule has 0 amide bonds. The lowest BCUT2D eigenvalue weighted by Crippen LogP contribution is -2.17. The third-order valence-electron chi connectivity index (χ3n) is 2.23. The third-order valence-corrected chi connectivity index (χ3v) is 2.23. The fraction of sp³-hybridized carbons (Fsp3) is 0.417. The molecule has 0 spiro atoms. The fourth-order valence-corrected chi connectivity index (χ4v) is 1.30. The molecule has 1 aromatic heterocycles. The minimum Gasteiger partial charge on any atom is -0.478 e. The van der Waals surface area contributed by atoms with Crippen LogP contribution in [-0.2, 0) is 4.79 Å². The van der Waals surface area contributed by atoms with E-state index in [-0.39, 0.29) is 0 Å². The molecule has 4 nitrogen and oxygen atoms in total. The van der Waals surface area contributed by atoms with Crippen LogP contribution in [0, 0.1) is 0 Å². The van der Waals surface area contributed by atoms with E-state index in [4.69, 9.17) is 9.52 Å². The van der Waals surface area contributed by atoms with Gasteiger partial charge in [-0.1, -0.05) is 13.3 Å². The Kier molecular flexibility index (Phi) is 4.64. The number of hydrogen-bond acceptors (Lipinski definition) is 3. The van der Waals surface area contributed by atoms with Crippen molar-refractivity contribution in [2.45, 2.75) is 19.8 Å². The van der Waals surface area contributed by atoms with Crippen LogP contribution in [0.4, 0.5) is 5.88 Å². The van der Waals surface area contributed by atoms with Gasteiger partial charge in [0.15, 0.2) is 5.88 Å². The van der Waals surface area contributed by atoms with Gasteiger partial charge in [0.05, 0.1) is 0 Å². The Labute approximate surface area is 95.2 Å². The summed E-state index contributed by atoms with van der Waals surface area (Å²) in [4.78, 5) is 12.3. The molecule has 1 aromatic rings. The van der Waals surface area contributed by atoms with Crippen LogP contribution in [0.1, 0.15) is 25.5 Å². The van der Waals surface area contributed by atoms with Gasteiger partial charge in [-0.15, -0.1) is 0 Å². The van der Waals surface area contributed by atoms with Crippen LogP contribution in [0.2, 0.25) is 0 Å². The van der Waals surface area contributed by atoms with Crippen molar-refractivity contribution in [2.24, 2.45) is 0 Å². The molecular weight excluding hydrogens is 206 g/mol. The Morgan fingerprint density at radius 3 is 2.94 bits per heavy atom. The van der Waals surface area contributed by atoms with Crippen LogP contribution < -0.4 is 4.90 Å². The van der Waals surface area contributed by atoms with E-state index in [1.54, 1.807) is 6.07 Å². The van der Waals surface area contributed by atoms with Crippen molar-refractivity contribution >= 4 is 17.9 Å². The van der Waals surface area contributed by atoms with E-state index in [1.807, 2.05) is 18.0 Å². The zero-order chi connectivity index (χ0) is 12.0. The minimum absolute atomic E-state index is 0.556. The topological polar surface area (TPSA) is 53.7 Å². The number of anilines is 1. The van der Waals surface area contributed by atoms with Crippen molar-refractivity contribution in [1.29, 1.82) is 0 Å². The van der Waals surface area contributed by atoms with Gasteiger partial charge in [-0.25, -0.2) is 4.79 Å². The summed E-state index contributed by atoms with van der Waals surface area (Å²) in [5.41, 5.74) is 0. The number of furan rings is 1. The van der Waals surface area contributed by atoms with Crippen LogP contribution in [0.25, 0.3) is 6.08 Å². The Hall–Kier alpha value is -1.71. The highest BCUT2D eigenvalue weighted by molar-refractivity contribution is 5.84. The lowest BCUT2D eigenvalue weighted by molar-refractivity contribution is -0.131. The van der Waals surface area contributed by atoms with E-state index in [0.717, 1.165) is 31.3 Å². The molecule has 0 bridgehead atoms. The molecule has 88 valence electrons. The average Bonchev–Trinajstić information content (AvgIpc) is 2.71. The van der Waals surface area contributed by atoms with Crippen molar-refractivity contribution in [3.8, 4) is 0 Å². The van der Waals surface area contributed by atoms with E-state index in [2.05, 4.69) is 6.92 Å². The quantitative estimate of drug-likeness (QED) is 0.753. The van der Waals surface area contributed by atoms with Crippen LogP contribution in [0.15, 0.2) is 22.6 Å². The van der Waals surface area contributed by atoms with Crippen molar-refractivity contribution in [3.63, 3.8) is 0 Å². The molecule has 0 radical (unpaired) electrons. The molecule has 1 heterocycles. The molecule has 0 aliphatic heterocycles. The molecule has 0 aliphatic rings. The largest absolute Gasteiger partial charge is 0.478 e. The normalized spacial score (nSPS) is 10.9. The van der Waals surface area contributed by atoms with Crippen molar-refractivity contribution in [2.75, 3.05) is 18.5 Å². The third kappa shape index (κ3) is 3.81. The van der Waals surface area contributed by atoms with Crippen LogP contribution in [0.3, 0.4) is 0 Å². The molecule has 0 fully saturated rings. The first kappa shape index (κ1) is 12.4. The molecule has 1 rings (SSSR count). The van der Waals surface area contributed by atoms with Crippen LogP contribution in [0.5, 0.6) is 0 Å². The van der Waals surface area contributed by atoms with Crippen molar-refractivity contribution in [1.82, 2.24) is 0 Å². The second kappa shape index (κ2) is 6.00. The predicted molar refractivity (Wildman–Crippen MR) is 63.6 cm³/mol. The SMILES string of the molecule is CCCCN(C)c1ccc(/C=C/C(=O)O)o1. The molecule has 0 aromatic carbocycles. The molecule has 0 aliphatic carbocycles. The highest BCUT2D eigenvalue weighted by Crippen LogP contribution is 2.18. The molecule has 0 saturated heterocycles. The summed E-state index contributed by atoms with van der Waals surface area (Å²) >= 11 is 0. The maximum Gasteiger partial charge on any atom is 0.328 e. The predicted octanol–water partition coefficient (Wildman–Crippen LogP) is 2.61. The zero-order valence-corrected chi connectivity index (χ0v) is 9.64. The molecule has 0 unspecified atom stereocenters. The Morgan fingerprint density at radius 1 is 1.56 bits per heavy atom. The van der Waals surface area contributed by atoms with Gasteiger partial charge >= 0.3 is 5.97 Å². The highest BCUT2D eigenvalue weighted by Gasteiger charge is 2.04. The average molecular weight is 223 g/mol. The second-order valence-electron chi connectivity index (χ2n) is 3.62. The fourth-order valence-electron chi connectivity index (χ4n) is 1.30. The summed E-state index contributed by atoms with van der Waals surface area (Å²) in [7, 11) is 1.96. The molecule has 0 saturated carbocycles. The van der Waals surface area contributed by atoms with Crippen LogP contribution in [-0.4, -0.2) is 24.7 Å². The number of nitrogens with zero attached hydrogens (tertiary/aromatic N) is 1. The number of hydrogen-bond donors (Lipinski definition) is 1. The summed E-state index contributed by atoms with van der Waals surface area (Å²) in [5.74, 6) is 0.344. The smallest absolute Gasteiger partial charge is 0.328 e. The van der Waals surface area contributed by atoms with Gasteiger partial charge in [0.25, 0.3) is 0 Å². The minimum atomic E-state index is -0.975. The Bertz CT molecular complexity index is 368. The van der Waals surface area contributed by atoms with E-state index in [1.165, 1.54) is 6.08 Å². The van der Waals surface area contributed by atoms with Gasteiger partial charge in [-0.05, 0) is 18.6 Å². The number of aliphatic carboxylic acids is 1.